The number of nitrogens with zero attached hydrogens (tertiary/aromatic N) is 2. The van der Waals surface area contributed by atoms with Crippen LogP contribution in [0.5, 0.6) is 0 Å². The van der Waals surface area contributed by atoms with Gasteiger partial charge in [-0.3, -0.25) is 4.79 Å². The minimum atomic E-state index is -3.71. The summed E-state index contributed by atoms with van der Waals surface area (Å²) in [5.41, 5.74) is 1.98. The second-order valence-electron chi connectivity index (χ2n) is 7.95. The molecule has 1 saturated heterocycles. The maximum Gasteiger partial charge on any atom is 0.251 e. The average Bonchev–Trinajstić information content (AvgIpc) is 2.73. The first-order valence-corrected chi connectivity index (χ1v) is 11.5. The zero-order valence-corrected chi connectivity index (χ0v) is 18.4. The van der Waals surface area contributed by atoms with E-state index in [-0.39, 0.29) is 16.6 Å². The van der Waals surface area contributed by atoms with Gasteiger partial charge in [0.05, 0.1) is 4.90 Å². The summed E-state index contributed by atoms with van der Waals surface area (Å²) in [4.78, 5) is 14.7. The van der Waals surface area contributed by atoms with E-state index in [2.05, 4.69) is 5.32 Å². The third-order valence-electron chi connectivity index (χ3n) is 5.19. The minimum absolute atomic E-state index is 0.123. The fraction of sp³-hybridized carbons (Fsp3) is 0.409. The number of carbonyl (C=O) groups excluding carboxylic acids is 1. The minimum Gasteiger partial charge on any atom is -0.369 e. The summed E-state index contributed by atoms with van der Waals surface area (Å²) in [5, 5.41) is 2.84. The van der Waals surface area contributed by atoms with Crippen LogP contribution in [0.15, 0.2) is 47.4 Å². The number of halogens is 1. The first-order chi connectivity index (χ1) is 14.2. The molecule has 1 fully saturated rings. The topological polar surface area (TPSA) is 69.7 Å². The summed E-state index contributed by atoms with van der Waals surface area (Å²) < 4.78 is 40.9. The molecule has 1 amide bonds. The Hall–Kier alpha value is -2.45. The summed E-state index contributed by atoms with van der Waals surface area (Å²) in [7, 11) is -3.71. The van der Waals surface area contributed by atoms with Gasteiger partial charge in [0.15, 0.2) is 0 Å². The van der Waals surface area contributed by atoms with Crippen molar-refractivity contribution < 1.29 is 17.6 Å². The summed E-state index contributed by atoms with van der Waals surface area (Å²) in [6, 6.07) is 10.9. The van der Waals surface area contributed by atoms with E-state index in [1.165, 1.54) is 22.5 Å². The van der Waals surface area contributed by atoms with E-state index in [4.69, 9.17) is 0 Å². The molecule has 6 nitrogen and oxygen atoms in total. The second-order valence-corrected chi connectivity index (χ2v) is 9.89. The van der Waals surface area contributed by atoms with Crippen LogP contribution in [0.25, 0.3) is 0 Å². The average molecular weight is 434 g/mol. The Morgan fingerprint density at radius 1 is 1.07 bits per heavy atom. The van der Waals surface area contributed by atoms with Crippen LogP contribution in [0, 0.1) is 18.7 Å². The van der Waals surface area contributed by atoms with E-state index in [1.54, 1.807) is 31.2 Å². The number of carbonyl (C=O) groups is 1. The quantitative estimate of drug-likeness (QED) is 0.760. The normalized spacial score (nSPS) is 15.4. The zero-order valence-electron chi connectivity index (χ0n) is 17.6. The number of rotatable bonds is 6. The molecule has 1 aliphatic rings. The van der Waals surface area contributed by atoms with Gasteiger partial charge in [-0.2, -0.15) is 4.31 Å². The molecule has 0 radical (unpaired) electrons. The lowest BCUT2D eigenvalue weighted by Crippen LogP contribution is -2.48. The van der Waals surface area contributed by atoms with Crippen molar-refractivity contribution in [2.24, 2.45) is 5.92 Å². The molecule has 0 aromatic heterocycles. The number of hydrogen-bond acceptors (Lipinski definition) is 4. The van der Waals surface area contributed by atoms with Gasteiger partial charge in [0.25, 0.3) is 5.91 Å². The molecule has 1 N–H and O–H groups in total. The van der Waals surface area contributed by atoms with Gasteiger partial charge in [-0.05, 0) is 54.8 Å². The monoisotopic (exact) mass is 433 g/mol. The van der Waals surface area contributed by atoms with Crippen molar-refractivity contribution >= 4 is 21.6 Å². The highest BCUT2D eigenvalue weighted by Gasteiger charge is 2.29. The zero-order chi connectivity index (χ0) is 21.9. The highest BCUT2D eigenvalue weighted by atomic mass is 32.2. The first-order valence-electron chi connectivity index (χ1n) is 10.1. The van der Waals surface area contributed by atoms with Gasteiger partial charge in [0, 0.05) is 44.0 Å². The van der Waals surface area contributed by atoms with Crippen molar-refractivity contribution in [1.82, 2.24) is 9.62 Å². The molecular formula is C22H28FN3O3S. The molecule has 30 heavy (non-hydrogen) atoms. The van der Waals surface area contributed by atoms with E-state index in [1.807, 2.05) is 18.7 Å². The Kier molecular flexibility index (Phi) is 6.77. The van der Waals surface area contributed by atoms with Crippen LogP contribution >= 0.6 is 0 Å². The van der Waals surface area contributed by atoms with Crippen LogP contribution in [0.2, 0.25) is 0 Å². The number of benzene rings is 2. The van der Waals surface area contributed by atoms with Gasteiger partial charge in [-0.15, -0.1) is 0 Å². The maximum atomic E-state index is 13.2. The molecule has 0 saturated carbocycles. The number of anilines is 1. The van der Waals surface area contributed by atoms with E-state index >= 15 is 0 Å². The van der Waals surface area contributed by atoms with Crippen LogP contribution in [0.1, 0.15) is 29.8 Å². The number of nitrogens with one attached hydrogen (secondary N) is 1. The highest BCUT2D eigenvalue weighted by molar-refractivity contribution is 7.89. The van der Waals surface area contributed by atoms with Crippen molar-refractivity contribution in [2.75, 3.05) is 37.6 Å². The van der Waals surface area contributed by atoms with E-state index in [0.29, 0.717) is 44.2 Å². The van der Waals surface area contributed by atoms with Crippen LogP contribution in [0.4, 0.5) is 10.1 Å². The Morgan fingerprint density at radius 3 is 2.30 bits per heavy atom. The Labute approximate surface area is 177 Å². The summed E-state index contributed by atoms with van der Waals surface area (Å²) in [5.74, 6) is -0.259. The molecule has 2 aromatic carbocycles. The maximum absolute atomic E-state index is 13.2. The highest BCUT2D eigenvalue weighted by Crippen LogP contribution is 2.23. The molecule has 0 spiro atoms. The van der Waals surface area contributed by atoms with E-state index < -0.39 is 10.0 Å². The van der Waals surface area contributed by atoms with Gasteiger partial charge in [0.2, 0.25) is 10.0 Å². The molecule has 1 heterocycles. The summed E-state index contributed by atoms with van der Waals surface area (Å²) in [6.07, 6.45) is 0. The molecule has 0 bridgehead atoms. The van der Waals surface area contributed by atoms with Crippen molar-refractivity contribution in [2.45, 2.75) is 25.7 Å². The van der Waals surface area contributed by atoms with Gasteiger partial charge >= 0.3 is 0 Å². The van der Waals surface area contributed by atoms with Gasteiger partial charge in [-0.1, -0.05) is 19.9 Å². The fourth-order valence-corrected chi connectivity index (χ4v) is 4.83. The lowest BCUT2D eigenvalue weighted by atomic mass is 10.1. The molecule has 0 aliphatic carbocycles. The number of piperazine rings is 1. The lowest BCUT2D eigenvalue weighted by Gasteiger charge is -2.35. The van der Waals surface area contributed by atoms with Crippen molar-refractivity contribution in [1.29, 1.82) is 0 Å². The number of hydrogen-bond donors (Lipinski definition) is 1. The molecule has 2 aromatic rings. The fourth-order valence-electron chi connectivity index (χ4n) is 3.39. The predicted octanol–water partition coefficient (Wildman–Crippen LogP) is 3.03. The van der Waals surface area contributed by atoms with Crippen molar-refractivity contribution in [3.8, 4) is 0 Å². The largest absolute Gasteiger partial charge is 0.369 e. The van der Waals surface area contributed by atoms with Gasteiger partial charge in [0.1, 0.15) is 5.82 Å². The van der Waals surface area contributed by atoms with Gasteiger partial charge < -0.3 is 10.2 Å². The predicted molar refractivity (Wildman–Crippen MR) is 116 cm³/mol. The molecule has 162 valence electrons. The first kappa shape index (κ1) is 22.2. The van der Waals surface area contributed by atoms with Crippen LogP contribution in [0.3, 0.4) is 0 Å². The van der Waals surface area contributed by atoms with Crippen molar-refractivity contribution in [3.05, 3.63) is 59.4 Å². The smallest absolute Gasteiger partial charge is 0.251 e. The number of amides is 1. The Balaban J connectivity index is 1.73. The van der Waals surface area contributed by atoms with Crippen molar-refractivity contribution in [3.63, 3.8) is 0 Å². The van der Waals surface area contributed by atoms with E-state index in [9.17, 15) is 17.6 Å². The standard InChI is InChI=1S/C22H28FN3O3S/c1-16(2)15-24-22(27)21-14-20(9-4-17(21)3)30(28,29)26-12-10-25(11-13-26)19-7-5-18(23)6-8-19/h4-9,14,16H,10-13,15H2,1-3H3,(H,24,27). The second kappa shape index (κ2) is 9.14. The molecule has 8 heteroatoms. The Bertz CT molecular complexity index is 999. The number of aryl methyl sites for hydroxylation is 1. The third kappa shape index (κ3) is 4.99. The van der Waals surface area contributed by atoms with E-state index in [0.717, 1.165) is 11.3 Å². The molecule has 1 aliphatic heterocycles. The molecule has 3 rings (SSSR count). The van der Waals surface area contributed by atoms with Crippen LogP contribution in [-0.4, -0.2) is 51.4 Å². The number of sulfonamides is 1. The summed E-state index contributed by atoms with van der Waals surface area (Å²) in [6.45, 7) is 7.99. The lowest BCUT2D eigenvalue weighted by molar-refractivity contribution is 0.0948. The summed E-state index contributed by atoms with van der Waals surface area (Å²) >= 11 is 0. The molecule has 0 atom stereocenters. The molecular weight excluding hydrogens is 405 g/mol. The SMILES string of the molecule is Cc1ccc(S(=O)(=O)N2CCN(c3ccc(F)cc3)CC2)cc1C(=O)NCC(C)C. The van der Waals surface area contributed by atoms with Crippen LogP contribution in [-0.2, 0) is 10.0 Å². The van der Waals surface area contributed by atoms with Crippen LogP contribution < -0.4 is 10.2 Å². The molecule has 0 unspecified atom stereocenters. The van der Waals surface area contributed by atoms with Gasteiger partial charge in [-0.25, -0.2) is 12.8 Å². The Morgan fingerprint density at radius 2 is 1.70 bits per heavy atom. The third-order valence-corrected chi connectivity index (χ3v) is 7.09.